The smallest absolute Gasteiger partial charge is 0.261 e. The topological polar surface area (TPSA) is 80.9 Å². The Kier molecular flexibility index (Phi) is 6.19. The number of carbonyl (C=O) groups is 2. The Bertz CT molecular complexity index is 996. The van der Waals surface area contributed by atoms with Gasteiger partial charge in [-0.2, -0.15) is 0 Å². The Labute approximate surface area is 202 Å². The summed E-state index contributed by atoms with van der Waals surface area (Å²) in [5.74, 6) is 3.30. The van der Waals surface area contributed by atoms with Gasteiger partial charge in [-0.1, -0.05) is 24.6 Å². The number of nitrogens with zero attached hydrogens (tertiary/aromatic N) is 1. The molecule has 3 saturated carbocycles. The molecule has 1 N–H and O–H groups in total. The van der Waals surface area contributed by atoms with E-state index in [0.717, 1.165) is 37.3 Å². The van der Waals surface area contributed by atoms with E-state index in [2.05, 4.69) is 30.4 Å². The lowest BCUT2D eigenvalue weighted by molar-refractivity contribution is -0.128. The fourth-order valence-electron chi connectivity index (χ4n) is 8.13. The second-order valence-electron chi connectivity index (χ2n) is 11.5. The van der Waals surface area contributed by atoms with E-state index in [9.17, 15) is 9.59 Å². The molecule has 6 heteroatoms. The van der Waals surface area contributed by atoms with E-state index in [1.54, 1.807) is 19.3 Å². The highest BCUT2D eigenvalue weighted by Gasteiger charge is 2.59. The Morgan fingerprint density at radius 3 is 2.76 bits per heavy atom. The van der Waals surface area contributed by atoms with Gasteiger partial charge in [-0.25, -0.2) is 0 Å². The van der Waals surface area contributed by atoms with Crippen LogP contribution >= 0.6 is 0 Å². The zero-order valence-corrected chi connectivity index (χ0v) is 20.8. The van der Waals surface area contributed by atoms with Gasteiger partial charge in [0.15, 0.2) is 6.61 Å². The average Bonchev–Trinajstić information content (AvgIpc) is 3.45. The normalized spacial score (nSPS) is 37.9. The Balaban J connectivity index is 1.21. The summed E-state index contributed by atoms with van der Waals surface area (Å²) in [6, 6.07) is 3.62. The molecular weight excluding hydrogens is 428 g/mol. The summed E-state index contributed by atoms with van der Waals surface area (Å²) >= 11 is 0. The van der Waals surface area contributed by atoms with Crippen molar-refractivity contribution >= 4 is 17.4 Å². The molecule has 1 aromatic heterocycles. The Morgan fingerprint density at radius 2 is 2.00 bits per heavy atom. The molecule has 0 spiro atoms. The number of nitrogens with one attached hydrogen (secondary N) is 1. The van der Waals surface area contributed by atoms with Gasteiger partial charge in [0.1, 0.15) is 11.5 Å². The van der Waals surface area contributed by atoms with Crippen LogP contribution in [0.1, 0.15) is 77.9 Å². The summed E-state index contributed by atoms with van der Waals surface area (Å²) in [6.07, 6.45) is 12.9. The Morgan fingerprint density at radius 1 is 1.15 bits per heavy atom. The molecule has 34 heavy (non-hydrogen) atoms. The van der Waals surface area contributed by atoms with Gasteiger partial charge in [0.2, 0.25) is 0 Å². The highest BCUT2D eigenvalue weighted by molar-refractivity contribution is 5.96. The van der Waals surface area contributed by atoms with Gasteiger partial charge in [0.05, 0.1) is 18.5 Å². The first-order valence-corrected chi connectivity index (χ1v) is 13.0. The van der Waals surface area contributed by atoms with Gasteiger partial charge in [-0.05, 0) is 105 Å². The third kappa shape index (κ3) is 4.03. The van der Waals surface area contributed by atoms with Crippen LogP contribution in [0, 0.1) is 34.5 Å². The number of hydrogen-bond donors (Lipinski definition) is 1. The van der Waals surface area contributed by atoms with Gasteiger partial charge in [-0.3, -0.25) is 9.59 Å². The van der Waals surface area contributed by atoms with Crippen LogP contribution in [0.5, 0.6) is 0 Å². The van der Waals surface area contributed by atoms with E-state index in [4.69, 9.17) is 9.25 Å². The van der Waals surface area contributed by atoms with Crippen molar-refractivity contribution in [1.82, 2.24) is 5.32 Å². The maximum atomic E-state index is 12.3. The fourth-order valence-corrected chi connectivity index (χ4v) is 8.13. The molecule has 4 aliphatic rings. The molecule has 0 bridgehead atoms. The lowest BCUT2D eigenvalue weighted by Crippen LogP contribution is -2.51. The van der Waals surface area contributed by atoms with Crippen LogP contribution in [0.2, 0.25) is 0 Å². The van der Waals surface area contributed by atoms with E-state index in [1.165, 1.54) is 31.3 Å². The fraction of sp³-hybridized carbons (Fsp3) is 0.679. The number of furan rings is 1. The van der Waals surface area contributed by atoms with E-state index in [1.807, 2.05) is 6.07 Å². The minimum atomic E-state index is -0.208. The summed E-state index contributed by atoms with van der Waals surface area (Å²) in [4.78, 5) is 29.8. The van der Waals surface area contributed by atoms with Crippen LogP contribution in [0.25, 0.3) is 0 Å². The maximum absolute atomic E-state index is 12.3. The quantitative estimate of drug-likeness (QED) is 0.566. The SMILES string of the molecule is CC(=O)C1CCC2C3CCC4=CC(=NOCC(=O)NCc5ccco5)CCC4(C)C3CCC12C. The summed E-state index contributed by atoms with van der Waals surface area (Å²) < 4.78 is 5.22. The molecule has 184 valence electrons. The second kappa shape index (κ2) is 9.01. The summed E-state index contributed by atoms with van der Waals surface area (Å²) in [5.41, 5.74) is 2.88. The Hall–Kier alpha value is -2.37. The molecule has 1 amide bonds. The van der Waals surface area contributed by atoms with Gasteiger partial charge < -0.3 is 14.6 Å². The van der Waals surface area contributed by atoms with Gasteiger partial charge in [-0.15, -0.1) is 0 Å². The van der Waals surface area contributed by atoms with Crippen LogP contribution in [-0.4, -0.2) is 24.0 Å². The minimum absolute atomic E-state index is 0.0904. The predicted octanol–water partition coefficient (Wildman–Crippen LogP) is 5.44. The molecule has 5 rings (SSSR count). The summed E-state index contributed by atoms with van der Waals surface area (Å²) in [6.45, 7) is 6.95. The molecule has 0 aromatic carbocycles. The number of carbonyl (C=O) groups excluding carboxylic acids is 2. The van der Waals surface area contributed by atoms with Crippen LogP contribution in [0.4, 0.5) is 0 Å². The van der Waals surface area contributed by atoms with E-state index in [0.29, 0.717) is 29.9 Å². The predicted molar refractivity (Wildman–Crippen MR) is 130 cm³/mol. The van der Waals surface area contributed by atoms with Crippen molar-refractivity contribution in [2.45, 2.75) is 78.7 Å². The zero-order chi connectivity index (χ0) is 23.9. The molecule has 6 atom stereocenters. The molecular formula is C28H38N2O4. The van der Waals surface area contributed by atoms with E-state index in [-0.39, 0.29) is 29.3 Å². The van der Waals surface area contributed by atoms with E-state index < -0.39 is 0 Å². The van der Waals surface area contributed by atoms with Crippen molar-refractivity contribution in [3.8, 4) is 0 Å². The van der Waals surface area contributed by atoms with Crippen LogP contribution in [0.3, 0.4) is 0 Å². The highest BCUT2D eigenvalue weighted by atomic mass is 16.6. The lowest BCUT2D eigenvalue weighted by Gasteiger charge is -2.58. The zero-order valence-electron chi connectivity index (χ0n) is 20.8. The largest absolute Gasteiger partial charge is 0.467 e. The van der Waals surface area contributed by atoms with Gasteiger partial charge in [0.25, 0.3) is 5.91 Å². The lowest BCUT2D eigenvalue weighted by atomic mass is 9.46. The number of allylic oxidation sites excluding steroid dienone is 2. The van der Waals surface area contributed by atoms with Gasteiger partial charge in [0, 0.05) is 5.92 Å². The number of fused-ring (bicyclic) bond motifs is 5. The molecule has 6 nitrogen and oxygen atoms in total. The number of Topliss-reactive ketones (excluding diaryl/α,β-unsaturated/α-hetero) is 1. The first-order chi connectivity index (χ1) is 16.3. The third-order valence-electron chi connectivity index (χ3n) is 9.89. The monoisotopic (exact) mass is 466 g/mol. The minimum Gasteiger partial charge on any atom is -0.467 e. The number of rotatable bonds is 6. The second-order valence-corrected chi connectivity index (χ2v) is 11.5. The molecule has 1 aromatic rings. The van der Waals surface area contributed by atoms with Crippen LogP contribution in [-0.2, 0) is 21.0 Å². The number of oxime groups is 1. The van der Waals surface area contributed by atoms with Crippen molar-refractivity contribution in [1.29, 1.82) is 0 Å². The van der Waals surface area contributed by atoms with Crippen molar-refractivity contribution in [2.75, 3.05) is 6.61 Å². The molecule has 1 heterocycles. The van der Waals surface area contributed by atoms with Gasteiger partial charge >= 0.3 is 0 Å². The summed E-state index contributed by atoms with van der Waals surface area (Å²) in [5, 5.41) is 7.08. The molecule has 0 radical (unpaired) electrons. The third-order valence-corrected chi connectivity index (χ3v) is 9.89. The number of amides is 1. The number of hydrogen-bond acceptors (Lipinski definition) is 5. The molecule has 0 saturated heterocycles. The first kappa shape index (κ1) is 23.4. The van der Waals surface area contributed by atoms with E-state index >= 15 is 0 Å². The molecule has 6 unspecified atom stereocenters. The van der Waals surface area contributed by atoms with Crippen LogP contribution < -0.4 is 5.32 Å². The molecule has 0 aliphatic heterocycles. The van der Waals surface area contributed by atoms with Crippen LogP contribution in [0.15, 0.2) is 39.6 Å². The molecule has 3 fully saturated rings. The first-order valence-electron chi connectivity index (χ1n) is 13.0. The molecule has 4 aliphatic carbocycles. The standard InChI is InChI=1S/C28H38N2O4/c1-18(31)23-8-9-24-22-7-6-19-15-20(10-12-27(19,2)25(22)11-13-28(23,24)3)30-34-17-26(32)29-16-21-5-4-14-33-21/h4-5,14-15,22-25H,6-13,16-17H2,1-3H3,(H,29,32). The number of ketones is 1. The van der Waals surface area contributed by atoms with Crippen molar-refractivity contribution in [2.24, 2.45) is 39.7 Å². The van der Waals surface area contributed by atoms with Crippen molar-refractivity contribution in [3.05, 3.63) is 35.8 Å². The highest BCUT2D eigenvalue weighted by Crippen LogP contribution is 2.66. The van der Waals surface area contributed by atoms with Crippen molar-refractivity contribution in [3.63, 3.8) is 0 Å². The summed E-state index contributed by atoms with van der Waals surface area (Å²) in [7, 11) is 0. The average molecular weight is 467 g/mol. The van der Waals surface area contributed by atoms with Crippen molar-refractivity contribution < 1.29 is 18.8 Å². The maximum Gasteiger partial charge on any atom is 0.261 e.